The van der Waals surface area contributed by atoms with E-state index < -0.39 is 0 Å². The summed E-state index contributed by atoms with van der Waals surface area (Å²) in [5.74, 6) is 0.982. The van der Waals surface area contributed by atoms with Gasteiger partial charge in [0.1, 0.15) is 16.6 Å². The van der Waals surface area contributed by atoms with Gasteiger partial charge in [0.05, 0.1) is 6.04 Å². The first-order valence-electron chi connectivity index (χ1n) is 11.9. The predicted molar refractivity (Wildman–Crippen MR) is 132 cm³/mol. The summed E-state index contributed by atoms with van der Waals surface area (Å²) in [6, 6.07) is 8.53. The Balaban J connectivity index is 1.20. The lowest BCUT2D eigenvalue weighted by Crippen LogP contribution is -2.51. The molecule has 4 heterocycles. The van der Waals surface area contributed by atoms with Crippen LogP contribution in [0, 0.1) is 0 Å². The molecular weight excluding hydrogens is 436 g/mol. The van der Waals surface area contributed by atoms with E-state index in [4.69, 9.17) is 11.6 Å². The Morgan fingerprint density at radius 1 is 1.15 bits per heavy atom. The number of carbonyl (C=O) groups excluding carboxylic acids is 1. The molecule has 1 saturated carbocycles. The van der Waals surface area contributed by atoms with Crippen LogP contribution >= 0.6 is 11.6 Å². The lowest BCUT2D eigenvalue weighted by molar-refractivity contribution is -0.128. The second-order valence-electron chi connectivity index (χ2n) is 9.36. The molecule has 1 aliphatic heterocycles. The standard InChI is InChI=1S/C25H31ClN6O/c1-32-12-3-2-6-21(32)25(33)30-18-9-7-17(8-10-18)29-23-14-16(13-22(26)31-23)20-15-28-24-19(20)5-4-11-27-24/h4-5,11,13-15,17-18,21H,2-3,6-10,12H2,1H3,(H,27,28)(H,29,31)(H,30,33)/t17-,18-,21?. The van der Waals surface area contributed by atoms with Crippen molar-refractivity contribution in [3.8, 4) is 11.1 Å². The normalized spacial score (nSPS) is 24.0. The molecule has 5 rings (SSSR count). The molecule has 8 heteroatoms. The number of rotatable bonds is 5. The van der Waals surface area contributed by atoms with Gasteiger partial charge in [-0.2, -0.15) is 0 Å². The first kappa shape index (κ1) is 22.2. The van der Waals surface area contributed by atoms with E-state index in [9.17, 15) is 4.79 Å². The highest BCUT2D eigenvalue weighted by Crippen LogP contribution is 2.31. The number of halogens is 1. The van der Waals surface area contributed by atoms with Gasteiger partial charge in [-0.1, -0.05) is 18.0 Å². The van der Waals surface area contributed by atoms with Gasteiger partial charge < -0.3 is 15.6 Å². The molecule has 1 unspecified atom stereocenters. The molecule has 3 aromatic heterocycles. The minimum atomic E-state index is 0.0309. The van der Waals surface area contributed by atoms with Crippen LogP contribution in [0.1, 0.15) is 44.9 Å². The molecule has 7 nitrogen and oxygen atoms in total. The molecular formula is C25H31ClN6O. The number of anilines is 1. The lowest BCUT2D eigenvalue weighted by Gasteiger charge is -2.34. The van der Waals surface area contributed by atoms with Crippen molar-refractivity contribution in [1.29, 1.82) is 0 Å². The molecule has 0 aromatic carbocycles. The molecule has 1 aliphatic carbocycles. The molecule has 1 saturated heterocycles. The average Bonchev–Trinajstić information content (AvgIpc) is 3.24. The van der Waals surface area contributed by atoms with Crippen LogP contribution in [0.2, 0.25) is 5.15 Å². The van der Waals surface area contributed by atoms with Crippen molar-refractivity contribution in [1.82, 2.24) is 25.2 Å². The third-order valence-corrected chi connectivity index (χ3v) is 7.25. The molecule has 0 spiro atoms. The number of H-pyrrole nitrogens is 1. The lowest BCUT2D eigenvalue weighted by atomic mass is 9.90. The van der Waals surface area contributed by atoms with Crippen molar-refractivity contribution in [3.63, 3.8) is 0 Å². The molecule has 2 aliphatic rings. The second-order valence-corrected chi connectivity index (χ2v) is 9.75. The molecule has 2 fully saturated rings. The SMILES string of the molecule is CN1CCCCC1C(=O)N[C@H]1CC[C@H](Nc2cc(-c3c[nH]c4ncccc34)cc(Cl)n2)CC1. The number of pyridine rings is 2. The third kappa shape index (κ3) is 4.99. The summed E-state index contributed by atoms with van der Waals surface area (Å²) in [5.41, 5.74) is 2.92. The number of carbonyl (C=O) groups is 1. The Kier molecular flexibility index (Phi) is 6.51. The monoisotopic (exact) mass is 466 g/mol. The number of fused-ring (bicyclic) bond motifs is 1. The number of aromatic nitrogens is 3. The van der Waals surface area contributed by atoms with Crippen LogP contribution in [0.4, 0.5) is 5.82 Å². The fourth-order valence-electron chi connectivity index (χ4n) is 5.22. The summed E-state index contributed by atoms with van der Waals surface area (Å²) in [5, 5.41) is 8.40. The number of hydrogen-bond acceptors (Lipinski definition) is 5. The maximum Gasteiger partial charge on any atom is 0.237 e. The third-order valence-electron chi connectivity index (χ3n) is 7.05. The number of aromatic amines is 1. The van der Waals surface area contributed by atoms with Crippen molar-refractivity contribution in [3.05, 3.63) is 41.8 Å². The number of nitrogens with zero attached hydrogens (tertiary/aromatic N) is 3. The molecule has 0 radical (unpaired) electrons. The summed E-state index contributed by atoms with van der Waals surface area (Å²) in [6.07, 6.45) is 11.0. The Bertz CT molecular complexity index is 1120. The Morgan fingerprint density at radius 2 is 1.97 bits per heavy atom. The highest BCUT2D eigenvalue weighted by atomic mass is 35.5. The van der Waals surface area contributed by atoms with E-state index in [1.54, 1.807) is 6.20 Å². The van der Waals surface area contributed by atoms with Gasteiger partial charge in [-0.05, 0) is 81.9 Å². The summed E-state index contributed by atoms with van der Waals surface area (Å²) >= 11 is 6.37. The maximum absolute atomic E-state index is 12.7. The van der Waals surface area contributed by atoms with Gasteiger partial charge in [-0.15, -0.1) is 0 Å². The molecule has 1 atom stereocenters. The zero-order valence-electron chi connectivity index (χ0n) is 19.0. The Labute approximate surface area is 199 Å². The number of nitrogens with one attached hydrogen (secondary N) is 3. The summed E-state index contributed by atoms with van der Waals surface area (Å²) < 4.78 is 0. The van der Waals surface area contributed by atoms with E-state index >= 15 is 0 Å². The zero-order valence-corrected chi connectivity index (χ0v) is 19.7. The van der Waals surface area contributed by atoms with Crippen LogP contribution in [0.25, 0.3) is 22.2 Å². The van der Waals surface area contributed by atoms with E-state index in [0.29, 0.717) is 11.2 Å². The number of piperidine rings is 1. The van der Waals surface area contributed by atoms with Crippen LogP contribution in [-0.2, 0) is 4.79 Å². The molecule has 3 aromatic rings. The minimum Gasteiger partial charge on any atom is -0.367 e. The van der Waals surface area contributed by atoms with Gasteiger partial charge in [-0.3, -0.25) is 9.69 Å². The van der Waals surface area contributed by atoms with Gasteiger partial charge in [0.2, 0.25) is 5.91 Å². The van der Waals surface area contributed by atoms with Gasteiger partial charge >= 0.3 is 0 Å². The number of likely N-dealkylation sites (N-methyl/N-ethyl adjacent to an activating group) is 1. The van der Waals surface area contributed by atoms with Gasteiger partial charge in [0, 0.05) is 35.4 Å². The number of hydrogen-bond donors (Lipinski definition) is 3. The fraction of sp³-hybridized carbons (Fsp3) is 0.480. The van der Waals surface area contributed by atoms with E-state index in [1.807, 2.05) is 24.4 Å². The van der Waals surface area contributed by atoms with Crippen molar-refractivity contribution in [2.45, 2.75) is 63.1 Å². The van der Waals surface area contributed by atoms with Crippen molar-refractivity contribution >= 4 is 34.4 Å². The Hall–Kier alpha value is -2.64. The van der Waals surface area contributed by atoms with E-state index in [-0.39, 0.29) is 18.0 Å². The zero-order chi connectivity index (χ0) is 22.8. The first-order valence-corrected chi connectivity index (χ1v) is 12.3. The molecule has 3 N–H and O–H groups in total. The Morgan fingerprint density at radius 3 is 2.79 bits per heavy atom. The first-order chi connectivity index (χ1) is 16.1. The largest absolute Gasteiger partial charge is 0.367 e. The van der Waals surface area contributed by atoms with Crippen LogP contribution in [0.15, 0.2) is 36.7 Å². The molecule has 33 heavy (non-hydrogen) atoms. The number of likely N-dealkylation sites (tertiary alicyclic amines) is 1. The highest BCUT2D eigenvalue weighted by Gasteiger charge is 2.29. The van der Waals surface area contributed by atoms with Crippen LogP contribution in [0.5, 0.6) is 0 Å². The van der Waals surface area contributed by atoms with Gasteiger partial charge in [0.15, 0.2) is 0 Å². The molecule has 0 bridgehead atoms. The minimum absolute atomic E-state index is 0.0309. The van der Waals surface area contributed by atoms with E-state index in [1.165, 1.54) is 6.42 Å². The van der Waals surface area contributed by atoms with Crippen molar-refractivity contribution < 1.29 is 4.79 Å². The summed E-state index contributed by atoms with van der Waals surface area (Å²) in [4.78, 5) is 27.0. The van der Waals surface area contributed by atoms with Crippen LogP contribution in [-0.4, -0.2) is 57.5 Å². The second kappa shape index (κ2) is 9.69. The van der Waals surface area contributed by atoms with Crippen LogP contribution < -0.4 is 10.6 Å². The topological polar surface area (TPSA) is 85.9 Å². The number of amides is 1. The summed E-state index contributed by atoms with van der Waals surface area (Å²) in [6.45, 7) is 1.01. The smallest absolute Gasteiger partial charge is 0.237 e. The van der Waals surface area contributed by atoms with Crippen molar-refractivity contribution in [2.75, 3.05) is 18.9 Å². The predicted octanol–water partition coefficient (Wildman–Crippen LogP) is 4.60. The van der Waals surface area contributed by atoms with Gasteiger partial charge in [0.25, 0.3) is 0 Å². The fourth-order valence-corrected chi connectivity index (χ4v) is 5.42. The molecule has 174 valence electrons. The van der Waals surface area contributed by atoms with E-state index in [2.05, 4.69) is 43.6 Å². The van der Waals surface area contributed by atoms with Crippen molar-refractivity contribution in [2.24, 2.45) is 0 Å². The average molecular weight is 467 g/mol. The molecule has 1 amide bonds. The highest BCUT2D eigenvalue weighted by molar-refractivity contribution is 6.29. The van der Waals surface area contributed by atoms with Crippen LogP contribution in [0.3, 0.4) is 0 Å². The quantitative estimate of drug-likeness (QED) is 0.478. The summed E-state index contributed by atoms with van der Waals surface area (Å²) in [7, 11) is 2.06. The maximum atomic E-state index is 12.7. The van der Waals surface area contributed by atoms with E-state index in [0.717, 1.165) is 73.0 Å². The van der Waals surface area contributed by atoms with Gasteiger partial charge in [-0.25, -0.2) is 9.97 Å².